The van der Waals surface area contributed by atoms with Gasteiger partial charge in [0.25, 0.3) is 11.8 Å². The van der Waals surface area contributed by atoms with E-state index in [1.807, 2.05) is 0 Å². The second-order valence-corrected chi connectivity index (χ2v) is 10.2. The predicted molar refractivity (Wildman–Crippen MR) is 155 cm³/mol. The molecule has 0 saturated carbocycles. The number of aromatic nitrogens is 5. The number of methoxy groups -OCH3 is 1. The van der Waals surface area contributed by atoms with Gasteiger partial charge in [-0.05, 0) is 29.8 Å². The van der Waals surface area contributed by atoms with Crippen LogP contribution in [0.5, 0.6) is 11.6 Å². The van der Waals surface area contributed by atoms with Gasteiger partial charge in [0.2, 0.25) is 5.88 Å². The minimum absolute atomic E-state index is 0.00543. The van der Waals surface area contributed by atoms with E-state index in [2.05, 4.69) is 25.5 Å². The first kappa shape index (κ1) is 28.6. The average Bonchev–Trinajstić information content (AvgIpc) is 3.67. The van der Waals surface area contributed by atoms with Crippen LogP contribution in [-0.2, 0) is 16.0 Å². The lowest BCUT2D eigenvalue weighted by molar-refractivity contribution is -0.157. The summed E-state index contributed by atoms with van der Waals surface area (Å²) < 4.78 is 17.9. The first-order valence-corrected chi connectivity index (χ1v) is 13.5. The molecule has 15 nitrogen and oxygen atoms in total. The maximum Gasteiger partial charge on any atom is 0.260 e. The summed E-state index contributed by atoms with van der Waals surface area (Å²) in [6, 6.07) is 12.7. The number of para-hydroxylation sites is 1. The van der Waals surface area contributed by atoms with Gasteiger partial charge in [0.1, 0.15) is 11.4 Å². The topological polar surface area (TPSA) is 204 Å². The molecule has 1 fully saturated rings. The number of aromatic hydroxyl groups is 1. The predicted octanol–water partition coefficient (Wildman–Crippen LogP) is 1.24. The molecular weight excluding hydrogens is 572 g/mol. The molecule has 4 aromatic heterocycles. The van der Waals surface area contributed by atoms with Crippen LogP contribution in [0.4, 0.5) is 11.6 Å². The average molecular weight is 601 g/mol. The summed E-state index contributed by atoms with van der Waals surface area (Å²) in [5.41, 5.74) is 5.60. The van der Waals surface area contributed by atoms with E-state index in [0.29, 0.717) is 28.5 Å². The molecule has 5 aromatic rings. The van der Waals surface area contributed by atoms with Crippen molar-refractivity contribution >= 4 is 34.5 Å². The number of morpholine rings is 1. The molecule has 2 amide bonds. The minimum atomic E-state index is -1.97. The van der Waals surface area contributed by atoms with Gasteiger partial charge in [-0.25, -0.2) is 14.6 Å². The van der Waals surface area contributed by atoms with Gasteiger partial charge in [0, 0.05) is 37.1 Å². The van der Waals surface area contributed by atoms with Crippen LogP contribution in [-0.4, -0.2) is 85.4 Å². The van der Waals surface area contributed by atoms with Gasteiger partial charge in [0.15, 0.2) is 28.8 Å². The molecule has 1 aliphatic heterocycles. The van der Waals surface area contributed by atoms with E-state index in [1.54, 1.807) is 53.5 Å². The summed E-state index contributed by atoms with van der Waals surface area (Å²) >= 11 is 0. The second-order valence-electron chi connectivity index (χ2n) is 10.2. The molecule has 1 aliphatic rings. The van der Waals surface area contributed by atoms with E-state index in [9.17, 15) is 19.8 Å². The summed E-state index contributed by atoms with van der Waals surface area (Å²) in [4.78, 5) is 36.7. The number of benzene rings is 1. The smallest absolute Gasteiger partial charge is 0.260 e. The number of fused-ring (bicyclic) bond motifs is 1. The number of amides is 2. The maximum atomic E-state index is 13.9. The molecular formula is C29H28N8O7. The van der Waals surface area contributed by atoms with Crippen molar-refractivity contribution in [3.63, 3.8) is 0 Å². The fraction of sp³-hybridized carbons (Fsp3) is 0.241. The molecule has 5 heterocycles. The molecule has 0 aliphatic carbocycles. The fourth-order valence-electron chi connectivity index (χ4n) is 5.03. The largest absolute Gasteiger partial charge is 0.507 e. The van der Waals surface area contributed by atoms with Crippen LogP contribution in [0.25, 0.3) is 16.8 Å². The van der Waals surface area contributed by atoms with Gasteiger partial charge in [-0.15, -0.1) is 5.10 Å². The van der Waals surface area contributed by atoms with Gasteiger partial charge in [-0.2, -0.15) is 0 Å². The van der Waals surface area contributed by atoms with Crippen LogP contribution in [0.2, 0.25) is 0 Å². The van der Waals surface area contributed by atoms with Crippen molar-refractivity contribution in [2.45, 2.75) is 18.1 Å². The Morgan fingerprint density at radius 1 is 1.23 bits per heavy atom. The van der Waals surface area contributed by atoms with Gasteiger partial charge in [-0.1, -0.05) is 17.3 Å². The number of nitrogens with two attached hydrogens (primary N) is 1. The van der Waals surface area contributed by atoms with Crippen molar-refractivity contribution in [3.8, 4) is 17.3 Å². The van der Waals surface area contributed by atoms with Crippen molar-refractivity contribution in [3.05, 3.63) is 78.2 Å². The van der Waals surface area contributed by atoms with E-state index in [0.717, 1.165) is 0 Å². The van der Waals surface area contributed by atoms with Crippen LogP contribution in [0.15, 0.2) is 71.6 Å². The zero-order valence-electron chi connectivity index (χ0n) is 23.5. The van der Waals surface area contributed by atoms with Crippen LogP contribution in [0.3, 0.4) is 0 Å². The first-order valence-electron chi connectivity index (χ1n) is 13.5. The number of ether oxygens (including phenoxy) is 2. The highest BCUT2D eigenvalue weighted by molar-refractivity contribution is 5.98. The van der Waals surface area contributed by atoms with E-state index < -0.39 is 30.1 Å². The number of nitrogens with zero attached hydrogens (tertiary/aromatic N) is 6. The Hall–Kier alpha value is -5.54. The lowest BCUT2D eigenvalue weighted by Gasteiger charge is -2.40. The minimum Gasteiger partial charge on any atom is -0.507 e. The highest BCUT2D eigenvalue weighted by Crippen LogP contribution is 2.29. The highest BCUT2D eigenvalue weighted by Gasteiger charge is 2.47. The Morgan fingerprint density at radius 3 is 2.89 bits per heavy atom. The third-order valence-electron chi connectivity index (χ3n) is 7.23. The number of nitrogens with one attached hydrogen (secondary N) is 1. The monoisotopic (exact) mass is 600 g/mol. The number of aliphatic hydroxyl groups is 1. The first-order chi connectivity index (χ1) is 21.3. The van der Waals surface area contributed by atoms with E-state index in [4.69, 9.17) is 19.7 Å². The lowest BCUT2D eigenvalue weighted by Crippen LogP contribution is -2.63. The molecule has 0 bridgehead atoms. The summed E-state index contributed by atoms with van der Waals surface area (Å²) in [6.45, 7) is -0.151. The van der Waals surface area contributed by atoms with E-state index >= 15 is 0 Å². The number of carbonyl (C=O) groups is 2. The molecule has 0 spiro atoms. The number of nitrogen functional groups attached to an aromatic ring is 1. The van der Waals surface area contributed by atoms with Crippen molar-refractivity contribution in [2.75, 3.05) is 37.4 Å². The van der Waals surface area contributed by atoms with E-state index in [-0.39, 0.29) is 42.3 Å². The lowest BCUT2D eigenvalue weighted by atomic mass is 9.87. The Morgan fingerprint density at radius 2 is 2.07 bits per heavy atom. The number of hydrogen-bond donors (Lipinski definition) is 4. The molecule has 1 aromatic carbocycles. The van der Waals surface area contributed by atoms with Crippen molar-refractivity contribution in [2.24, 2.45) is 0 Å². The Balaban J connectivity index is 1.29. The number of carbonyl (C=O) groups excluding carboxylic acids is 2. The fourth-order valence-corrected chi connectivity index (χ4v) is 5.03. The SMILES string of the molecule is COc1cc(-n2ccc(N3CCO[C@H](C(O)(CNC(=O)c4ccccc4O)Cc4cnc5c(N)noc5c4)C3=O)n2)ccn1. The number of pyridine rings is 2. The Bertz CT molecular complexity index is 1840. The number of hydrogen-bond acceptors (Lipinski definition) is 12. The van der Waals surface area contributed by atoms with Crippen LogP contribution in [0, 0.1) is 0 Å². The molecule has 5 N–H and O–H groups in total. The molecule has 1 unspecified atom stereocenters. The molecule has 6 rings (SSSR count). The van der Waals surface area contributed by atoms with Crippen LogP contribution >= 0.6 is 0 Å². The van der Waals surface area contributed by atoms with Gasteiger partial charge in [0.05, 0.1) is 38.1 Å². The molecule has 15 heteroatoms. The third kappa shape index (κ3) is 5.48. The zero-order valence-corrected chi connectivity index (χ0v) is 23.5. The van der Waals surface area contributed by atoms with Gasteiger partial charge in [-0.3, -0.25) is 14.5 Å². The summed E-state index contributed by atoms with van der Waals surface area (Å²) in [5, 5.41) is 33.2. The molecule has 44 heavy (non-hydrogen) atoms. The number of phenolic OH excluding ortho intramolecular Hbond substituents is 1. The van der Waals surface area contributed by atoms with Crippen molar-refractivity contribution in [1.82, 2.24) is 30.2 Å². The third-order valence-corrected chi connectivity index (χ3v) is 7.23. The Kier molecular flexibility index (Phi) is 7.55. The second kappa shape index (κ2) is 11.6. The summed E-state index contributed by atoms with van der Waals surface area (Å²) in [5.74, 6) is -0.595. The number of anilines is 2. The Labute approximate surface area is 249 Å². The maximum absolute atomic E-state index is 13.9. The molecule has 2 atom stereocenters. The number of rotatable bonds is 9. The standard InChI is InChI=1S/C29H28N8O7/c1-42-23-13-18(6-8-31-23)37-9-7-22(34-37)36-10-11-43-25(28(36)40)29(41,16-33-27(39)19-4-2-3-5-20(19)38)14-17-12-21-24(32-15-17)26(30)35-44-21/h2-9,12-13,15,25,38,41H,10-11,14,16H2,1H3,(H2,30,35)(H,33,39)/t25-,29?/m0/s1. The van der Waals surface area contributed by atoms with Crippen molar-refractivity contribution in [1.29, 1.82) is 0 Å². The summed E-state index contributed by atoms with van der Waals surface area (Å²) in [7, 11) is 1.51. The van der Waals surface area contributed by atoms with Gasteiger partial charge < -0.3 is 35.3 Å². The normalized spacial score (nSPS) is 16.5. The van der Waals surface area contributed by atoms with Crippen LogP contribution < -0.4 is 20.7 Å². The van der Waals surface area contributed by atoms with Crippen LogP contribution in [0.1, 0.15) is 15.9 Å². The zero-order chi connectivity index (χ0) is 30.8. The summed E-state index contributed by atoms with van der Waals surface area (Å²) in [6.07, 6.45) is 3.15. The van der Waals surface area contributed by atoms with E-state index in [1.165, 1.54) is 30.3 Å². The molecule has 1 saturated heterocycles. The van der Waals surface area contributed by atoms with Gasteiger partial charge >= 0.3 is 0 Å². The molecule has 0 radical (unpaired) electrons. The number of phenols is 1. The quantitative estimate of drug-likeness (QED) is 0.189. The van der Waals surface area contributed by atoms with Crippen molar-refractivity contribution < 1.29 is 33.8 Å². The highest BCUT2D eigenvalue weighted by atomic mass is 16.5. The molecule has 226 valence electrons.